The summed E-state index contributed by atoms with van der Waals surface area (Å²) in [6.45, 7) is 13.5. The van der Waals surface area contributed by atoms with Crippen molar-refractivity contribution in [2.24, 2.45) is 17.3 Å². The first-order valence-electron chi connectivity index (χ1n) is 12.1. The molecule has 6 heteroatoms. The van der Waals surface area contributed by atoms with E-state index in [1.54, 1.807) is 22.4 Å². The average molecular weight is 473 g/mol. The number of carbonyl (C=O) groups is 1. The summed E-state index contributed by atoms with van der Waals surface area (Å²) < 4.78 is 7.31. The first-order chi connectivity index (χ1) is 15.6. The van der Waals surface area contributed by atoms with Gasteiger partial charge in [-0.15, -0.1) is 0 Å². The molecule has 33 heavy (non-hydrogen) atoms. The predicted molar refractivity (Wildman–Crippen MR) is 138 cm³/mol. The van der Waals surface area contributed by atoms with E-state index in [1.165, 1.54) is 0 Å². The highest BCUT2D eigenvalue weighted by atomic mass is 32.2. The van der Waals surface area contributed by atoms with Gasteiger partial charge in [0.1, 0.15) is 0 Å². The van der Waals surface area contributed by atoms with Crippen LogP contribution in [0.4, 0.5) is 0 Å². The van der Waals surface area contributed by atoms with E-state index in [9.17, 15) is 9.59 Å². The lowest BCUT2D eigenvalue weighted by molar-refractivity contribution is -0.154. The molecule has 1 heterocycles. The number of rotatable bonds is 12. The molecule has 0 bridgehead atoms. The van der Waals surface area contributed by atoms with Crippen molar-refractivity contribution in [3.05, 3.63) is 46.8 Å². The van der Waals surface area contributed by atoms with Gasteiger partial charge < -0.3 is 4.74 Å². The molecule has 0 saturated carbocycles. The van der Waals surface area contributed by atoms with Gasteiger partial charge in [0.15, 0.2) is 5.16 Å². The van der Waals surface area contributed by atoms with Crippen molar-refractivity contribution >= 4 is 17.7 Å². The molecule has 0 amide bonds. The van der Waals surface area contributed by atoms with Gasteiger partial charge in [0, 0.05) is 23.9 Å². The second-order valence-electron chi connectivity index (χ2n) is 9.89. The van der Waals surface area contributed by atoms with Crippen LogP contribution in [-0.2, 0) is 16.1 Å². The summed E-state index contributed by atoms with van der Waals surface area (Å²) in [6.07, 6.45) is 4.00. The first kappa shape index (κ1) is 27.2. The van der Waals surface area contributed by atoms with E-state index >= 15 is 0 Å². The fraction of sp³-hybridized carbons (Fsp3) is 0.593. The van der Waals surface area contributed by atoms with Crippen molar-refractivity contribution in [2.45, 2.75) is 78.9 Å². The summed E-state index contributed by atoms with van der Waals surface area (Å²) in [5, 5.41) is 0.777. The highest BCUT2D eigenvalue weighted by Gasteiger charge is 2.34. The van der Waals surface area contributed by atoms with Gasteiger partial charge in [-0.05, 0) is 31.1 Å². The molecule has 5 nitrogen and oxygen atoms in total. The maximum atomic E-state index is 12.5. The molecule has 1 unspecified atom stereocenters. The van der Waals surface area contributed by atoms with Gasteiger partial charge in [0.25, 0.3) is 5.56 Å². The number of hydrogen-bond acceptors (Lipinski definition) is 5. The number of thioether (sulfide) groups is 1. The molecule has 0 aliphatic rings. The molecule has 1 aromatic carbocycles. The number of esters is 1. The highest BCUT2D eigenvalue weighted by Crippen LogP contribution is 2.33. The second-order valence-corrected chi connectivity index (χ2v) is 11.0. The Kier molecular flexibility index (Phi) is 10.7. The van der Waals surface area contributed by atoms with E-state index in [2.05, 4.69) is 34.6 Å². The molecule has 1 atom stereocenters. The number of ether oxygens (including phenoxy) is 1. The molecule has 2 aromatic rings. The van der Waals surface area contributed by atoms with Crippen LogP contribution in [0.1, 0.15) is 67.2 Å². The van der Waals surface area contributed by atoms with Crippen molar-refractivity contribution in [3.8, 4) is 11.3 Å². The Morgan fingerprint density at radius 1 is 1.09 bits per heavy atom. The molecule has 0 spiro atoms. The normalized spacial score (nSPS) is 12.7. The lowest BCUT2D eigenvalue weighted by Crippen LogP contribution is -2.34. The molecular weight excluding hydrogens is 432 g/mol. The van der Waals surface area contributed by atoms with E-state index < -0.39 is 0 Å². The minimum atomic E-state index is -0.0897. The van der Waals surface area contributed by atoms with E-state index in [-0.39, 0.29) is 28.8 Å². The van der Waals surface area contributed by atoms with E-state index in [0.717, 1.165) is 47.8 Å². The van der Waals surface area contributed by atoms with Crippen LogP contribution in [0, 0.1) is 17.3 Å². The molecular formula is C27H40N2O3S. The quantitative estimate of drug-likeness (QED) is 0.154. The third-order valence-electron chi connectivity index (χ3n) is 5.73. The van der Waals surface area contributed by atoms with Crippen molar-refractivity contribution in [3.63, 3.8) is 0 Å². The SMILES string of the molecule is CCn1c(SCCCCCCOC(=O)C(C(C)C)C(C)(C)C)nc(-c2ccccc2)cc1=O. The Hall–Kier alpha value is -2.08. The molecule has 1 aromatic heterocycles. The van der Waals surface area contributed by atoms with Crippen LogP contribution in [-0.4, -0.2) is 27.9 Å². The number of carbonyl (C=O) groups excluding carboxylic acids is 1. The highest BCUT2D eigenvalue weighted by molar-refractivity contribution is 7.99. The Morgan fingerprint density at radius 3 is 2.36 bits per heavy atom. The zero-order chi connectivity index (χ0) is 24.4. The van der Waals surface area contributed by atoms with E-state index in [4.69, 9.17) is 9.72 Å². The standard InChI is InChI=1S/C27H40N2O3S/c1-7-29-23(30)19-22(21-15-11-10-12-16-21)28-26(29)33-18-14-9-8-13-17-32-25(31)24(20(2)3)27(4,5)6/h10-12,15-16,19-20,24H,7-9,13-14,17-18H2,1-6H3. The van der Waals surface area contributed by atoms with Gasteiger partial charge in [-0.25, -0.2) is 4.98 Å². The van der Waals surface area contributed by atoms with Crippen LogP contribution in [0.5, 0.6) is 0 Å². The molecule has 0 N–H and O–H groups in total. The molecule has 0 saturated heterocycles. The van der Waals surface area contributed by atoms with Gasteiger partial charge in [-0.3, -0.25) is 14.2 Å². The zero-order valence-electron chi connectivity index (χ0n) is 21.1. The summed E-state index contributed by atoms with van der Waals surface area (Å²) in [4.78, 5) is 29.8. The van der Waals surface area contributed by atoms with Gasteiger partial charge >= 0.3 is 5.97 Å². The second kappa shape index (κ2) is 13.0. The molecule has 0 fully saturated rings. The summed E-state index contributed by atoms with van der Waals surface area (Å²) in [5.41, 5.74) is 1.59. The van der Waals surface area contributed by atoms with Crippen LogP contribution >= 0.6 is 11.8 Å². The van der Waals surface area contributed by atoms with E-state index in [1.807, 2.05) is 37.3 Å². The Morgan fingerprint density at radius 2 is 1.76 bits per heavy atom. The molecule has 2 rings (SSSR count). The average Bonchev–Trinajstić information content (AvgIpc) is 2.74. The Bertz CT molecular complexity index is 933. The summed E-state index contributed by atoms with van der Waals surface area (Å²) in [5.74, 6) is 1.02. The van der Waals surface area contributed by atoms with Crippen molar-refractivity contribution in [2.75, 3.05) is 12.4 Å². The van der Waals surface area contributed by atoms with E-state index in [0.29, 0.717) is 13.2 Å². The largest absolute Gasteiger partial charge is 0.465 e. The minimum absolute atomic E-state index is 0.00868. The smallest absolute Gasteiger partial charge is 0.309 e. The lowest BCUT2D eigenvalue weighted by atomic mass is 9.74. The van der Waals surface area contributed by atoms with Crippen LogP contribution in [0.25, 0.3) is 11.3 Å². The minimum Gasteiger partial charge on any atom is -0.465 e. The zero-order valence-corrected chi connectivity index (χ0v) is 21.9. The Labute approximate surface area is 203 Å². The van der Waals surface area contributed by atoms with Crippen LogP contribution in [0.15, 0.2) is 46.3 Å². The van der Waals surface area contributed by atoms with Crippen molar-refractivity contribution in [1.29, 1.82) is 0 Å². The third-order valence-corrected chi connectivity index (χ3v) is 6.79. The summed E-state index contributed by atoms with van der Waals surface area (Å²) in [6, 6.07) is 11.4. The fourth-order valence-corrected chi connectivity index (χ4v) is 5.32. The molecule has 182 valence electrons. The molecule has 0 radical (unpaired) electrons. The predicted octanol–water partition coefficient (Wildman–Crippen LogP) is 6.44. The van der Waals surface area contributed by atoms with Crippen LogP contribution in [0.2, 0.25) is 0 Å². The lowest BCUT2D eigenvalue weighted by Gasteiger charge is -2.31. The summed E-state index contributed by atoms with van der Waals surface area (Å²) >= 11 is 1.64. The van der Waals surface area contributed by atoms with Crippen LogP contribution < -0.4 is 5.56 Å². The maximum Gasteiger partial charge on any atom is 0.309 e. The fourth-order valence-electron chi connectivity index (χ4n) is 4.25. The summed E-state index contributed by atoms with van der Waals surface area (Å²) in [7, 11) is 0. The Balaban J connectivity index is 1.77. The number of unbranched alkanes of at least 4 members (excludes halogenated alkanes) is 3. The number of benzene rings is 1. The number of hydrogen-bond donors (Lipinski definition) is 0. The van der Waals surface area contributed by atoms with Gasteiger partial charge in [0.05, 0.1) is 18.2 Å². The van der Waals surface area contributed by atoms with Crippen molar-refractivity contribution < 1.29 is 9.53 Å². The van der Waals surface area contributed by atoms with Crippen molar-refractivity contribution in [1.82, 2.24) is 9.55 Å². The molecule has 0 aliphatic heterocycles. The monoisotopic (exact) mass is 472 g/mol. The molecule has 0 aliphatic carbocycles. The van der Waals surface area contributed by atoms with Crippen LogP contribution in [0.3, 0.4) is 0 Å². The number of nitrogens with zero attached hydrogens (tertiary/aromatic N) is 2. The van der Waals surface area contributed by atoms with Gasteiger partial charge in [-0.2, -0.15) is 0 Å². The maximum absolute atomic E-state index is 12.5. The topological polar surface area (TPSA) is 61.2 Å². The van der Waals surface area contributed by atoms with Gasteiger partial charge in [-0.1, -0.05) is 89.6 Å². The number of aromatic nitrogens is 2. The first-order valence-corrected chi connectivity index (χ1v) is 13.1. The van der Waals surface area contributed by atoms with Gasteiger partial charge in [0.2, 0.25) is 0 Å². The third kappa shape index (κ3) is 8.33.